The minimum atomic E-state index is 0.539. The minimum Gasteiger partial charge on any atom is -0.493 e. The van der Waals surface area contributed by atoms with Crippen LogP contribution < -0.4 is 20.1 Å². The number of anilines is 1. The Balaban J connectivity index is 2.03. The van der Waals surface area contributed by atoms with Crippen molar-refractivity contribution >= 4 is 5.69 Å². The zero-order valence-electron chi connectivity index (χ0n) is 11.9. The lowest BCUT2D eigenvalue weighted by Crippen LogP contribution is -2.21. The zero-order chi connectivity index (χ0) is 13.5. The zero-order valence-corrected chi connectivity index (χ0v) is 11.9. The third kappa shape index (κ3) is 4.03. The molecule has 2 rings (SSSR count). The second-order valence-corrected chi connectivity index (χ2v) is 4.82. The van der Waals surface area contributed by atoms with Gasteiger partial charge in [-0.3, -0.25) is 0 Å². The first kappa shape index (κ1) is 14.0. The van der Waals surface area contributed by atoms with E-state index in [2.05, 4.69) is 16.7 Å². The molecule has 0 aromatic heterocycles. The number of hydrogen-bond donors (Lipinski definition) is 2. The molecule has 2 N–H and O–H groups in total. The largest absolute Gasteiger partial charge is 0.493 e. The number of benzene rings is 1. The van der Waals surface area contributed by atoms with Gasteiger partial charge in [-0.1, -0.05) is 0 Å². The molecule has 0 amide bonds. The van der Waals surface area contributed by atoms with E-state index in [9.17, 15) is 0 Å². The molecule has 1 atom stereocenters. The second kappa shape index (κ2) is 7.24. The summed E-state index contributed by atoms with van der Waals surface area (Å²) >= 11 is 0. The molecule has 1 aliphatic heterocycles. The predicted molar refractivity (Wildman–Crippen MR) is 78.3 cm³/mol. The van der Waals surface area contributed by atoms with Crippen molar-refractivity contribution in [2.24, 2.45) is 0 Å². The van der Waals surface area contributed by atoms with E-state index in [1.807, 2.05) is 19.1 Å². The molecule has 1 aromatic rings. The third-order valence-electron chi connectivity index (χ3n) is 3.41. The van der Waals surface area contributed by atoms with Crippen molar-refractivity contribution in [2.75, 3.05) is 32.1 Å². The predicted octanol–water partition coefficient (Wildman–Crippen LogP) is 2.65. The highest BCUT2D eigenvalue weighted by Crippen LogP contribution is 2.30. The molecule has 1 unspecified atom stereocenters. The lowest BCUT2D eigenvalue weighted by molar-refractivity contribution is 0.311. The highest BCUT2D eigenvalue weighted by Gasteiger charge is 2.12. The monoisotopic (exact) mass is 264 g/mol. The quantitative estimate of drug-likeness (QED) is 0.858. The summed E-state index contributed by atoms with van der Waals surface area (Å²) in [4.78, 5) is 0. The van der Waals surface area contributed by atoms with Gasteiger partial charge < -0.3 is 20.1 Å². The Labute approximate surface area is 115 Å². The summed E-state index contributed by atoms with van der Waals surface area (Å²) in [6.07, 6.45) is 3.60. The van der Waals surface area contributed by atoms with Crippen LogP contribution in [0.25, 0.3) is 0 Å². The number of methoxy groups -OCH3 is 1. The molecule has 1 saturated heterocycles. The average molecular weight is 264 g/mol. The van der Waals surface area contributed by atoms with Crippen LogP contribution in [0.5, 0.6) is 11.5 Å². The Hall–Kier alpha value is -1.42. The molecule has 1 fully saturated rings. The van der Waals surface area contributed by atoms with Crippen LogP contribution in [0.15, 0.2) is 18.2 Å². The summed E-state index contributed by atoms with van der Waals surface area (Å²) in [6.45, 7) is 4.85. The molecule has 106 valence electrons. The molecule has 19 heavy (non-hydrogen) atoms. The molecule has 0 saturated carbocycles. The van der Waals surface area contributed by atoms with Crippen molar-refractivity contribution in [1.82, 2.24) is 5.32 Å². The molecular weight excluding hydrogens is 240 g/mol. The summed E-state index contributed by atoms with van der Waals surface area (Å²) in [5.74, 6) is 1.59. The van der Waals surface area contributed by atoms with Crippen LogP contribution in [0.4, 0.5) is 5.69 Å². The van der Waals surface area contributed by atoms with Crippen LogP contribution in [-0.2, 0) is 0 Å². The van der Waals surface area contributed by atoms with Gasteiger partial charge in [-0.25, -0.2) is 0 Å². The van der Waals surface area contributed by atoms with Gasteiger partial charge in [-0.2, -0.15) is 0 Å². The first-order valence-electron chi connectivity index (χ1n) is 7.11. The maximum Gasteiger partial charge on any atom is 0.162 e. The van der Waals surface area contributed by atoms with E-state index in [-0.39, 0.29) is 0 Å². The summed E-state index contributed by atoms with van der Waals surface area (Å²) in [6, 6.07) is 6.59. The van der Waals surface area contributed by atoms with Gasteiger partial charge in [0.25, 0.3) is 0 Å². The second-order valence-electron chi connectivity index (χ2n) is 4.82. The lowest BCUT2D eigenvalue weighted by atomic mass is 10.1. The highest BCUT2D eigenvalue weighted by atomic mass is 16.5. The van der Waals surface area contributed by atoms with E-state index in [0.717, 1.165) is 36.7 Å². The Bertz CT molecular complexity index is 388. The van der Waals surface area contributed by atoms with Gasteiger partial charge in [-0.05, 0) is 51.4 Å². The van der Waals surface area contributed by atoms with Crippen molar-refractivity contribution in [1.29, 1.82) is 0 Å². The van der Waals surface area contributed by atoms with Crippen LogP contribution in [0, 0.1) is 0 Å². The summed E-state index contributed by atoms with van der Waals surface area (Å²) in [5, 5.41) is 7.02. The average Bonchev–Trinajstić information content (AvgIpc) is 2.69. The molecule has 1 aliphatic rings. The maximum atomic E-state index is 5.53. The van der Waals surface area contributed by atoms with Crippen molar-refractivity contribution in [3.63, 3.8) is 0 Å². The van der Waals surface area contributed by atoms with Gasteiger partial charge in [-0.15, -0.1) is 0 Å². The van der Waals surface area contributed by atoms with Crippen molar-refractivity contribution in [3.8, 4) is 11.5 Å². The Morgan fingerprint density at radius 3 is 2.95 bits per heavy atom. The Morgan fingerprint density at radius 1 is 1.26 bits per heavy atom. The summed E-state index contributed by atoms with van der Waals surface area (Å²) in [5.41, 5.74) is 1.10. The first-order valence-corrected chi connectivity index (χ1v) is 7.11. The molecule has 0 aliphatic carbocycles. The van der Waals surface area contributed by atoms with Crippen LogP contribution in [-0.4, -0.2) is 32.8 Å². The third-order valence-corrected chi connectivity index (χ3v) is 3.41. The number of hydrogen-bond acceptors (Lipinski definition) is 4. The van der Waals surface area contributed by atoms with Crippen LogP contribution in [0.3, 0.4) is 0 Å². The fourth-order valence-electron chi connectivity index (χ4n) is 2.43. The summed E-state index contributed by atoms with van der Waals surface area (Å²) in [7, 11) is 1.68. The van der Waals surface area contributed by atoms with E-state index < -0.39 is 0 Å². The maximum absolute atomic E-state index is 5.53. The molecule has 1 heterocycles. The van der Waals surface area contributed by atoms with Crippen LogP contribution in [0.1, 0.15) is 26.2 Å². The van der Waals surface area contributed by atoms with Gasteiger partial charge in [0, 0.05) is 17.8 Å². The van der Waals surface area contributed by atoms with Gasteiger partial charge in [0.2, 0.25) is 0 Å². The normalized spacial score (nSPS) is 19.6. The molecule has 4 nitrogen and oxygen atoms in total. The van der Waals surface area contributed by atoms with E-state index >= 15 is 0 Å². The molecule has 1 aromatic carbocycles. The molecule has 0 bridgehead atoms. The highest BCUT2D eigenvalue weighted by molar-refractivity contribution is 5.55. The standard InChI is InChI=1S/C15H24N2O2/c1-3-19-14-7-6-13(11-15(14)18-2)17-12-5-4-9-16-10-8-12/h6-7,11-12,16-17H,3-5,8-10H2,1-2H3. The first-order chi connectivity index (χ1) is 9.33. The fourth-order valence-corrected chi connectivity index (χ4v) is 2.43. The van der Waals surface area contributed by atoms with Gasteiger partial charge in [0.15, 0.2) is 11.5 Å². The fraction of sp³-hybridized carbons (Fsp3) is 0.600. The van der Waals surface area contributed by atoms with E-state index in [0.29, 0.717) is 12.6 Å². The lowest BCUT2D eigenvalue weighted by Gasteiger charge is -2.18. The minimum absolute atomic E-state index is 0.539. The summed E-state index contributed by atoms with van der Waals surface area (Å²) < 4.78 is 10.9. The smallest absolute Gasteiger partial charge is 0.162 e. The van der Waals surface area contributed by atoms with Crippen LogP contribution in [0.2, 0.25) is 0 Å². The molecule has 0 radical (unpaired) electrons. The number of ether oxygens (including phenoxy) is 2. The SMILES string of the molecule is CCOc1ccc(NC2CCCNCC2)cc1OC. The van der Waals surface area contributed by atoms with Gasteiger partial charge in [0.1, 0.15) is 0 Å². The van der Waals surface area contributed by atoms with Crippen molar-refractivity contribution in [2.45, 2.75) is 32.2 Å². The number of rotatable bonds is 5. The molecular formula is C15H24N2O2. The van der Waals surface area contributed by atoms with Gasteiger partial charge >= 0.3 is 0 Å². The van der Waals surface area contributed by atoms with E-state index in [1.54, 1.807) is 7.11 Å². The Kier molecular flexibility index (Phi) is 5.33. The van der Waals surface area contributed by atoms with E-state index in [4.69, 9.17) is 9.47 Å². The van der Waals surface area contributed by atoms with Crippen LogP contribution >= 0.6 is 0 Å². The number of nitrogens with one attached hydrogen (secondary N) is 2. The van der Waals surface area contributed by atoms with Crippen molar-refractivity contribution in [3.05, 3.63) is 18.2 Å². The van der Waals surface area contributed by atoms with E-state index in [1.165, 1.54) is 12.8 Å². The molecule has 0 spiro atoms. The van der Waals surface area contributed by atoms with Gasteiger partial charge in [0.05, 0.1) is 13.7 Å². The molecule has 4 heteroatoms. The topological polar surface area (TPSA) is 42.5 Å². The Morgan fingerprint density at radius 2 is 2.16 bits per heavy atom. The van der Waals surface area contributed by atoms with Crippen molar-refractivity contribution < 1.29 is 9.47 Å².